The van der Waals surface area contributed by atoms with Crippen LogP contribution in [-0.2, 0) is 36.9 Å². The first-order valence-electron chi connectivity index (χ1n) is 12.6. The molecule has 0 aromatic heterocycles. The molecule has 1 saturated heterocycles. The average molecular weight is 513 g/mol. The van der Waals surface area contributed by atoms with Crippen molar-refractivity contribution in [2.45, 2.75) is 39.6 Å². The first-order valence-corrected chi connectivity index (χ1v) is 12.6. The summed E-state index contributed by atoms with van der Waals surface area (Å²) in [6, 6.07) is 5.62. The van der Waals surface area contributed by atoms with Gasteiger partial charge in [0.05, 0.1) is 66.6 Å². The monoisotopic (exact) mass is 512 g/mol. The highest BCUT2D eigenvalue weighted by atomic mass is 16.6. The smallest absolute Gasteiger partial charge is 0.410 e. The van der Waals surface area contributed by atoms with E-state index >= 15 is 0 Å². The third-order valence-corrected chi connectivity index (χ3v) is 5.48. The van der Waals surface area contributed by atoms with Gasteiger partial charge in [0.25, 0.3) is 0 Å². The molecule has 1 aliphatic heterocycles. The van der Waals surface area contributed by atoms with Crippen molar-refractivity contribution in [3.05, 3.63) is 29.3 Å². The van der Waals surface area contributed by atoms with E-state index in [2.05, 4.69) is 4.90 Å². The minimum Gasteiger partial charge on any atom is -0.496 e. The molecular formula is C26H44N2O8. The van der Waals surface area contributed by atoms with Crippen LogP contribution in [0.5, 0.6) is 5.75 Å². The lowest BCUT2D eigenvalue weighted by Crippen LogP contribution is -2.50. The molecule has 1 aliphatic rings. The second-order valence-corrected chi connectivity index (χ2v) is 9.50. The van der Waals surface area contributed by atoms with E-state index in [0.717, 1.165) is 30.8 Å². The summed E-state index contributed by atoms with van der Waals surface area (Å²) in [6.45, 7) is 13.6. The number of aliphatic hydroxyl groups is 1. The maximum absolute atomic E-state index is 12.1. The average Bonchev–Trinajstić information content (AvgIpc) is 2.86. The van der Waals surface area contributed by atoms with Crippen LogP contribution in [0.25, 0.3) is 0 Å². The van der Waals surface area contributed by atoms with Crippen LogP contribution >= 0.6 is 0 Å². The Hall–Kier alpha value is -1.95. The molecule has 0 atom stereocenters. The molecule has 1 heterocycles. The summed E-state index contributed by atoms with van der Waals surface area (Å²) in [5, 5.41) is 9.26. The van der Waals surface area contributed by atoms with Crippen molar-refractivity contribution < 1.29 is 38.3 Å². The largest absolute Gasteiger partial charge is 0.496 e. The molecule has 10 heteroatoms. The van der Waals surface area contributed by atoms with Crippen molar-refractivity contribution in [1.29, 1.82) is 0 Å². The highest BCUT2D eigenvalue weighted by molar-refractivity contribution is 5.68. The molecule has 0 spiro atoms. The molecule has 1 amide bonds. The number of ether oxygens (including phenoxy) is 6. The lowest BCUT2D eigenvalue weighted by molar-refractivity contribution is -0.00858. The Morgan fingerprint density at radius 1 is 0.889 bits per heavy atom. The molecule has 1 fully saturated rings. The molecular weight excluding hydrogens is 468 g/mol. The number of rotatable bonds is 16. The van der Waals surface area contributed by atoms with Gasteiger partial charge in [0.2, 0.25) is 0 Å². The molecule has 0 aliphatic carbocycles. The van der Waals surface area contributed by atoms with Gasteiger partial charge in [-0.3, -0.25) is 4.90 Å². The lowest BCUT2D eigenvalue weighted by atomic mass is 10.1. The summed E-state index contributed by atoms with van der Waals surface area (Å²) in [4.78, 5) is 16.2. The summed E-state index contributed by atoms with van der Waals surface area (Å²) in [5.74, 6) is 0.661. The van der Waals surface area contributed by atoms with E-state index in [1.807, 2.05) is 39.0 Å². The van der Waals surface area contributed by atoms with Gasteiger partial charge >= 0.3 is 6.09 Å². The molecule has 10 nitrogen and oxygen atoms in total. The number of hydrogen-bond acceptors (Lipinski definition) is 9. The first-order chi connectivity index (χ1) is 17.3. The zero-order chi connectivity index (χ0) is 26.2. The molecule has 206 valence electrons. The summed E-state index contributed by atoms with van der Waals surface area (Å²) < 4.78 is 33.0. The predicted molar refractivity (Wildman–Crippen MR) is 135 cm³/mol. The van der Waals surface area contributed by atoms with Crippen LogP contribution in [0, 0.1) is 0 Å². The number of amides is 1. The quantitative estimate of drug-likeness (QED) is 0.335. The summed E-state index contributed by atoms with van der Waals surface area (Å²) >= 11 is 0. The van der Waals surface area contributed by atoms with Crippen molar-refractivity contribution in [2.75, 3.05) is 86.1 Å². The van der Waals surface area contributed by atoms with Gasteiger partial charge in [-0.2, -0.15) is 0 Å². The number of carbonyl (C=O) groups excluding carboxylic acids is 1. The topological polar surface area (TPSA) is 99.2 Å². The summed E-state index contributed by atoms with van der Waals surface area (Å²) in [5.41, 5.74) is 1.27. The van der Waals surface area contributed by atoms with Crippen molar-refractivity contribution in [3.63, 3.8) is 0 Å². The van der Waals surface area contributed by atoms with Gasteiger partial charge in [0.1, 0.15) is 11.4 Å². The van der Waals surface area contributed by atoms with Crippen LogP contribution in [0.1, 0.15) is 31.9 Å². The maximum atomic E-state index is 12.1. The van der Waals surface area contributed by atoms with Crippen LogP contribution in [0.4, 0.5) is 4.79 Å². The van der Waals surface area contributed by atoms with E-state index in [9.17, 15) is 9.90 Å². The number of nitrogens with zero attached hydrogens (tertiary/aromatic N) is 2. The zero-order valence-corrected chi connectivity index (χ0v) is 22.3. The van der Waals surface area contributed by atoms with Crippen LogP contribution < -0.4 is 4.74 Å². The second kappa shape index (κ2) is 16.7. The molecule has 0 bridgehead atoms. The Balaban J connectivity index is 1.37. The summed E-state index contributed by atoms with van der Waals surface area (Å²) in [6.07, 6.45) is -0.238. The fourth-order valence-electron chi connectivity index (χ4n) is 3.53. The van der Waals surface area contributed by atoms with E-state index in [0.29, 0.717) is 71.7 Å². The van der Waals surface area contributed by atoms with E-state index in [1.165, 1.54) is 0 Å². The fourth-order valence-corrected chi connectivity index (χ4v) is 3.53. The number of aliphatic hydroxyl groups excluding tert-OH is 1. The number of carbonyl (C=O) groups is 1. The minimum absolute atomic E-state index is 0.0529. The summed E-state index contributed by atoms with van der Waals surface area (Å²) in [7, 11) is 1.58. The molecule has 2 rings (SSSR count). The molecule has 1 N–H and O–H groups in total. The van der Waals surface area contributed by atoms with E-state index in [1.54, 1.807) is 12.0 Å². The minimum atomic E-state index is -0.463. The number of hydrogen-bond donors (Lipinski definition) is 1. The van der Waals surface area contributed by atoms with Gasteiger partial charge < -0.3 is 38.4 Å². The van der Waals surface area contributed by atoms with Gasteiger partial charge in [-0.25, -0.2) is 4.79 Å². The van der Waals surface area contributed by atoms with Crippen molar-refractivity contribution in [3.8, 4) is 5.75 Å². The Bertz CT molecular complexity index is 748. The van der Waals surface area contributed by atoms with Crippen LogP contribution in [0.2, 0.25) is 0 Å². The first kappa shape index (κ1) is 30.3. The van der Waals surface area contributed by atoms with Gasteiger partial charge in [-0.1, -0.05) is 12.1 Å². The zero-order valence-electron chi connectivity index (χ0n) is 22.3. The number of piperazine rings is 1. The van der Waals surface area contributed by atoms with Crippen LogP contribution in [0.15, 0.2) is 18.2 Å². The maximum Gasteiger partial charge on any atom is 0.410 e. The van der Waals surface area contributed by atoms with E-state index in [-0.39, 0.29) is 12.7 Å². The SMILES string of the molecule is COc1cc(COCCOCCOCCOCCN2CCN(C(=O)OC(C)(C)C)CC2)ccc1CO. The van der Waals surface area contributed by atoms with Gasteiger partial charge in [-0.05, 0) is 32.4 Å². The standard InChI is InChI=1S/C26H44N2O8/c1-26(2,3)36-25(30)28-9-7-27(8-10-28)11-12-32-13-14-33-15-16-34-17-18-35-21-22-5-6-23(20-29)24(19-22)31-4/h5-6,19,29H,7-18,20-21H2,1-4H3. The molecule has 1 aromatic rings. The third-order valence-electron chi connectivity index (χ3n) is 5.48. The van der Waals surface area contributed by atoms with Gasteiger partial charge in [0, 0.05) is 38.3 Å². The number of benzene rings is 1. The number of methoxy groups -OCH3 is 1. The molecule has 0 radical (unpaired) electrons. The van der Waals surface area contributed by atoms with Crippen molar-refractivity contribution in [2.24, 2.45) is 0 Å². The molecule has 0 saturated carbocycles. The molecule has 0 unspecified atom stereocenters. The second-order valence-electron chi connectivity index (χ2n) is 9.50. The molecule has 1 aromatic carbocycles. The van der Waals surface area contributed by atoms with Crippen molar-refractivity contribution in [1.82, 2.24) is 9.80 Å². The van der Waals surface area contributed by atoms with Crippen molar-refractivity contribution >= 4 is 6.09 Å². The Labute approximate surface area is 215 Å². The van der Waals surface area contributed by atoms with E-state index < -0.39 is 5.60 Å². The third kappa shape index (κ3) is 12.3. The van der Waals surface area contributed by atoms with Gasteiger partial charge in [-0.15, -0.1) is 0 Å². The van der Waals surface area contributed by atoms with Crippen LogP contribution in [-0.4, -0.2) is 113 Å². The van der Waals surface area contributed by atoms with Gasteiger partial charge in [0.15, 0.2) is 0 Å². The Morgan fingerprint density at radius 3 is 2.03 bits per heavy atom. The van der Waals surface area contributed by atoms with E-state index in [4.69, 9.17) is 28.4 Å². The predicted octanol–water partition coefficient (Wildman–Crippen LogP) is 2.31. The van der Waals surface area contributed by atoms with Crippen LogP contribution in [0.3, 0.4) is 0 Å². The normalized spacial score (nSPS) is 14.8. The molecule has 36 heavy (non-hydrogen) atoms. The highest BCUT2D eigenvalue weighted by Gasteiger charge is 2.25. The Kier molecular flexibility index (Phi) is 14.1. The Morgan fingerprint density at radius 2 is 1.47 bits per heavy atom. The lowest BCUT2D eigenvalue weighted by Gasteiger charge is -2.35. The highest BCUT2D eigenvalue weighted by Crippen LogP contribution is 2.20. The fraction of sp³-hybridized carbons (Fsp3) is 0.731.